The van der Waals surface area contributed by atoms with E-state index in [9.17, 15) is 30.7 Å². The van der Waals surface area contributed by atoms with Gasteiger partial charge in [0.15, 0.2) is 4.60 Å². The summed E-state index contributed by atoms with van der Waals surface area (Å²) >= 11 is 0. The van der Waals surface area contributed by atoms with Crippen LogP contribution in [0.4, 0.5) is 5.69 Å². The summed E-state index contributed by atoms with van der Waals surface area (Å²) in [7, 11) is 0. The van der Waals surface area contributed by atoms with Gasteiger partial charge < -0.3 is 10.4 Å². The van der Waals surface area contributed by atoms with Crippen molar-refractivity contribution in [2.24, 2.45) is 5.92 Å². The molecule has 0 aliphatic heterocycles. The van der Waals surface area contributed by atoms with Crippen molar-refractivity contribution in [3.8, 4) is 6.07 Å². The Bertz CT molecular complexity index is 1010. The van der Waals surface area contributed by atoms with Gasteiger partial charge in [-0.15, -0.1) is 0 Å². The molecule has 1 aliphatic rings. The maximum absolute atomic E-state index is 11.5. The summed E-state index contributed by atoms with van der Waals surface area (Å²) < 4.78 is 4.56. The van der Waals surface area contributed by atoms with Crippen LogP contribution in [0.2, 0.25) is 0 Å². The van der Waals surface area contributed by atoms with Gasteiger partial charge in [-0.05, 0) is 11.0 Å². The average Bonchev–Trinajstić information content (AvgIpc) is 2.96. The van der Waals surface area contributed by atoms with Gasteiger partial charge in [0.2, 0.25) is 0 Å². The van der Waals surface area contributed by atoms with E-state index >= 15 is 0 Å². The number of rotatable bonds is 3. The van der Waals surface area contributed by atoms with E-state index in [1.807, 2.05) is 6.07 Å². The first kappa shape index (κ1) is 15.9. The summed E-state index contributed by atoms with van der Waals surface area (Å²) in [5.41, 5.74) is -1.02. The predicted molar refractivity (Wildman–Crippen MR) is 81.5 cm³/mol. The molecule has 2 atom stereocenters. The van der Waals surface area contributed by atoms with Crippen molar-refractivity contribution in [2.75, 3.05) is 0 Å². The summed E-state index contributed by atoms with van der Waals surface area (Å²) in [5, 5.41) is 46.0. The highest BCUT2D eigenvalue weighted by atomic mass is 16.8. The fourth-order valence-corrected chi connectivity index (χ4v) is 2.80. The number of aromatic amines is 1. The number of allylic oxidation sites excluding steroid dienone is 1. The molecule has 11 heteroatoms. The Labute approximate surface area is 138 Å². The van der Waals surface area contributed by atoms with Gasteiger partial charge in [0.1, 0.15) is 0 Å². The SMILES string of the molecule is N#CC(c1ccccc1[N+](=O)[O-])C1C=Cc2c([nH]o[n+]2=O)C1=[N+]([O-])[O-]. The summed E-state index contributed by atoms with van der Waals surface area (Å²) in [6.45, 7) is 0. The number of hydrogen-bond acceptors (Lipinski definition) is 7. The highest BCUT2D eigenvalue weighted by Gasteiger charge is 2.43. The van der Waals surface area contributed by atoms with Gasteiger partial charge in [-0.2, -0.15) is 10.2 Å². The third-order valence-electron chi connectivity index (χ3n) is 3.88. The largest absolute Gasteiger partial charge is 0.612 e. The normalized spacial score (nSPS) is 16.8. The number of nitrogens with one attached hydrogen (secondary N) is 1. The minimum absolute atomic E-state index is 0.0472. The van der Waals surface area contributed by atoms with Crippen LogP contribution in [0.3, 0.4) is 0 Å². The van der Waals surface area contributed by atoms with Gasteiger partial charge in [-0.1, -0.05) is 34.1 Å². The van der Waals surface area contributed by atoms with Crippen LogP contribution in [0, 0.1) is 42.7 Å². The fraction of sp³-hybridized carbons (Fsp3) is 0.143. The average molecular weight is 343 g/mol. The van der Waals surface area contributed by atoms with Gasteiger partial charge >= 0.3 is 0 Å². The van der Waals surface area contributed by atoms with Gasteiger partial charge in [0, 0.05) is 11.6 Å². The summed E-state index contributed by atoms with van der Waals surface area (Å²) in [6.07, 6.45) is 2.57. The van der Waals surface area contributed by atoms with Crippen LogP contribution in [-0.2, 0) is 0 Å². The van der Waals surface area contributed by atoms with E-state index < -0.39 is 27.4 Å². The zero-order chi connectivity index (χ0) is 18.1. The third kappa shape index (κ3) is 2.51. The predicted octanol–water partition coefficient (Wildman–Crippen LogP) is 1.18. The first-order valence-electron chi connectivity index (χ1n) is 6.93. The second-order valence-corrected chi connectivity index (χ2v) is 5.16. The number of nitrogens with zero attached hydrogens (tertiary/aromatic N) is 4. The number of nitro groups is 1. The van der Waals surface area contributed by atoms with E-state index in [0.717, 1.165) is 0 Å². The summed E-state index contributed by atoms with van der Waals surface area (Å²) in [4.78, 5) is 21.3. The molecule has 1 N–H and O–H groups in total. The zero-order valence-electron chi connectivity index (χ0n) is 12.4. The Morgan fingerprint density at radius 1 is 1.32 bits per heavy atom. The molecule has 0 saturated heterocycles. The number of benzene rings is 1. The Balaban J connectivity index is 2.18. The molecular formula is C14H9N5O6. The molecule has 1 heterocycles. The van der Waals surface area contributed by atoms with Crippen LogP contribution in [0.5, 0.6) is 0 Å². The standard InChI is InChI=1S/C14H9N5O6/c15-7-10(8-3-1-2-4-11(8)17(20)21)9-5-6-12-13(14(9)18(22)23)16-25-19(12)24/h1-6,9-10,16H. The van der Waals surface area contributed by atoms with Crippen molar-refractivity contribution in [1.29, 1.82) is 5.26 Å². The molecule has 0 saturated carbocycles. The van der Waals surface area contributed by atoms with E-state index in [2.05, 4.69) is 9.79 Å². The molecule has 0 amide bonds. The van der Waals surface area contributed by atoms with E-state index in [0.29, 0.717) is 0 Å². The number of fused-ring (bicyclic) bond motifs is 1. The van der Waals surface area contributed by atoms with Crippen molar-refractivity contribution in [1.82, 2.24) is 5.16 Å². The minimum atomic E-state index is -1.20. The zero-order valence-corrected chi connectivity index (χ0v) is 12.4. The molecule has 1 aromatic carbocycles. The molecule has 25 heavy (non-hydrogen) atoms. The van der Waals surface area contributed by atoms with Crippen LogP contribution >= 0.6 is 0 Å². The molecule has 3 rings (SSSR count). The highest BCUT2D eigenvalue weighted by molar-refractivity contribution is 6.03. The number of H-pyrrole nitrogens is 1. The Morgan fingerprint density at radius 2 is 2.04 bits per heavy atom. The third-order valence-corrected chi connectivity index (χ3v) is 3.88. The number of aromatic nitrogens is 2. The topological polar surface area (TPSA) is 168 Å². The quantitative estimate of drug-likeness (QED) is 0.495. The van der Waals surface area contributed by atoms with E-state index in [4.69, 9.17) is 0 Å². The van der Waals surface area contributed by atoms with E-state index in [1.165, 1.54) is 36.4 Å². The van der Waals surface area contributed by atoms with Crippen molar-refractivity contribution in [3.05, 3.63) is 72.7 Å². The number of hydrogen-bond donors (Lipinski definition) is 1. The van der Waals surface area contributed by atoms with E-state index in [-0.39, 0.29) is 27.2 Å². The molecule has 1 aromatic heterocycles. The number of para-hydroxylation sites is 1. The fourth-order valence-electron chi connectivity index (χ4n) is 2.80. The minimum Gasteiger partial charge on any atom is -0.612 e. The molecule has 2 unspecified atom stereocenters. The van der Waals surface area contributed by atoms with Crippen molar-refractivity contribution in [2.45, 2.75) is 5.92 Å². The lowest BCUT2D eigenvalue weighted by Crippen LogP contribution is -2.31. The van der Waals surface area contributed by atoms with Crippen LogP contribution < -0.4 is 4.60 Å². The van der Waals surface area contributed by atoms with Gasteiger partial charge in [-0.3, -0.25) is 10.1 Å². The Hall–Kier alpha value is -3.94. The van der Waals surface area contributed by atoms with Gasteiger partial charge in [0.05, 0.1) is 22.8 Å². The van der Waals surface area contributed by atoms with Crippen molar-refractivity contribution < 1.29 is 19.1 Å². The first-order chi connectivity index (χ1) is 12.0. The Kier molecular flexibility index (Phi) is 3.78. The molecule has 0 radical (unpaired) electrons. The second-order valence-electron chi connectivity index (χ2n) is 5.16. The molecule has 126 valence electrons. The highest BCUT2D eigenvalue weighted by Crippen LogP contribution is 2.36. The maximum Gasteiger partial charge on any atom is 0.288 e. The monoisotopic (exact) mass is 343 g/mol. The van der Waals surface area contributed by atoms with Crippen LogP contribution in [0.25, 0.3) is 6.08 Å². The van der Waals surface area contributed by atoms with Gasteiger partial charge in [0.25, 0.3) is 22.8 Å². The lowest BCUT2D eigenvalue weighted by Gasteiger charge is -2.21. The second kappa shape index (κ2) is 5.93. The van der Waals surface area contributed by atoms with Crippen LogP contribution in [-0.4, -0.2) is 20.7 Å². The lowest BCUT2D eigenvalue weighted by molar-refractivity contribution is -0.714. The number of nitro benzene ring substituents is 1. The lowest BCUT2D eigenvalue weighted by atomic mass is 9.79. The molecule has 1 aliphatic carbocycles. The molecule has 0 fully saturated rings. The number of nitriles is 1. The van der Waals surface area contributed by atoms with Crippen molar-refractivity contribution in [3.63, 3.8) is 0 Å². The summed E-state index contributed by atoms with van der Waals surface area (Å²) in [6, 6.07) is 7.44. The molecular weight excluding hydrogens is 334 g/mol. The molecule has 0 bridgehead atoms. The van der Waals surface area contributed by atoms with E-state index in [1.54, 1.807) is 0 Å². The first-order valence-corrected chi connectivity index (χ1v) is 6.93. The van der Waals surface area contributed by atoms with Crippen LogP contribution in [0.1, 0.15) is 22.9 Å². The smallest absolute Gasteiger partial charge is 0.288 e. The van der Waals surface area contributed by atoms with Gasteiger partial charge in [-0.25, -0.2) is 0 Å². The van der Waals surface area contributed by atoms with Crippen molar-refractivity contribution >= 4 is 17.5 Å². The Morgan fingerprint density at radius 3 is 2.68 bits per heavy atom. The summed E-state index contributed by atoms with van der Waals surface area (Å²) in [5.74, 6) is -2.31. The van der Waals surface area contributed by atoms with Crippen LogP contribution in [0.15, 0.2) is 35.0 Å². The molecule has 0 spiro atoms. The molecule has 2 aromatic rings. The molecule has 11 nitrogen and oxygen atoms in total. The maximum atomic E-state index is 11.5.